The molecule has 0 bridgehead atoms. The number of anilines is 1. The van der Waals surface area contributed by atoms with Gasteiger partial charge in [0.2, 0.25) is 5.95 Å². The fraction of sp³-hybridized carbons (Fsp3) is 0.467. The van der Waals surface area contributed by atoms with Gasteiger partial charge in [-0.15, -0.1) is 11.3 Å². The Labute approximate surface area is 149 Å². The molecule has 10 heteroatoms. The Morgan fingerprint density at radius 1 is 1.16 bits per heavy atom. The number of fused-ring (bicyclic) bond motifs is 1. The highest BCUT2D eigenvalue weighted by Gasteiger charge is 2.49. The maximum absolute atomic E-state index is 12.9. The van der Waals surface area contributed by atoms with Gasteiger partial charge in [-0.2, -0.15) is 0 Å². The average Bonchev–Trinajstić information content (AvgIpc) is 3.16. The lowest BCUT2D eigenvalue weighted by atomic mass is 10.0. The van der Waals surface area contributed by atoms with Gasteiger partial charge < -0.3 is 9.80 Å². The summed E-state index contributed by atoms with van der Waals surface area (Å²) in [5.74, 6) is 0.355. The second kappa shape index (κ2) is 6.03. The second-order valence-electron chi connectivity index (χ2n) is 6.20. The highest BCUT2D eigenvalue weighted by Crippen LogP contribution is 2.30. The first kappa shape index (κ1) is 16.4. The summed E-state index contributed by atoms with van der Waals surface area (Å²) >= 11 is 1.33. The van der Waals surface area contributed by atoms with Gasteiger partial charge in [0, 0.05) is 25.5 Å². The molecule has 0 saturated carbocycles. The molecule has 1 amide bonds. The lowest BCUT2D eigenvalue weighted by Crippen LogP contribution is -2.61. The smallest absolute Gasteiger partial charge is 0.265 e. The lowest BCUT2D eigenvalue weighted by Gasteiger charge is -2.43. The van der Waals surface area contributed by atoms with Crippen LogP contribution in [0.2, 0.25) is 0 Å². The van der Waals surface area contributed by atoms with Crippen LogP contribution in [-0.4, -0.2) is 70.9 Å². The maximum atomic E-state index is 12.9. The third-order valence-corrected chi connectivity index (χ3v) is 7.18. The van der Waals surface area contributed by atoms with Crippen molar-refractivity contribution in [1.29, 1.82) is 0 Å². The fourth-order valence-corrected chi connectivity index (χ4v) is 6.21. The fourth-order valence-electron chi connectivity index (χ4n) is 3.49. The normalized spacial score (nSPS) is 25.0. The maximum Gasteiger partial charge on any atom is 0.265 e. The Bertz CT molecular complexity index is 899. The summed E-state index contributed by atoms with van der Waals surface area (Å²) in [4.78, 5) is 29.6. The Balaban J connectivity index is 1.66. The highest BCUT2D eigenvalue weighted by atomic mass is 32.2. The van der Waals surface area contributed by atoms with Crippen LogP contribution < -0.4 is 4.90 Å². The van der Waals surface area contributed by atoms with Crippen molar-refractivity contribution in [2.45, 2.75) is 19.0 Å². The minimum atomic E-state index is -3.22. The van der Waals surface area contributed by atoms with Crippen LogP contribution in [0.1, 0.15) is 14.7 Å². The Kier molecular flexibility index (Phi) is 3.95. The van der Waals surface area contributed by atoms with Crippen LogP contribution in [0.4, 0.5) is 5.95 Å². The van der Waals surface area contributed by atoms with Gasteiger partial charge in [-0.05, 0) is 13.0 Å². The molecule has 2 aliphatic heterocycles. The van der Waals surface area contributed by atoms with Crippen molar-refractivity contribution in [2.75, 3.05) is 29.5 Å². The topological polar surface area (TPSA) is 96.4 Å². The van der Waals surface area contributed by atoms with Crippen molar-refractivity contribution in [3.63, 3.8) is 0 Å². The van der Waals surface area contributed by atoms with E-state index in [1.807, 2.05) is 11.8 Å². The summed E-state index contributed by atoms with van der Waals surface area (Å²) in [7, 11) is -3.22. The number of sulfone groups is 1. The van der Waals surface area contributed by atoms with E-state index < -0.39 is 15.9 Å². The van der Waals surface area contributed by atoms with Crippen LogP contribution in [0.5, 0.6) is 0 Å². The monoisotopic (exact) mass is 379 g/mol. The first-order valence-corrected chi connectivity index (χ1v) is 10.6. The molecular weight excluding hydrogens is 362 g/mol. The molecule has 0 aromatic carbocycles. The zero-order chi connectivity index (χ0) is 17.6. The van der Waals surface area contributed by atoms with Crippen molar-refractivity contribution < 1.29 is 13.2 Å². The van der Waals surface area contributed by atoms with Crippen molar-refractivity contribution in [3.05, 3.63) is 34.5 Å². The Morgan fingerprint density at radius 3 is 2.56 bits per heavy atom. The van der Waals surface area contributed by atoms with Gasteiger partial charge in [-0.25, -0.2) is 23.4 Å². The van der Waals surface area contributed by atoms with Crippen molar-refractivity contribution in [2.24, 2.45) is 0 Å². The number of carbonyl (C=O) groups excluding carboxylic acids is 1. The molecule has 4 rings (SSSR count). The molecule has 4 heterocycles. The summed E-state index contributed by atoms with van der Waals surface area (Å²) < 4.78 is 24.5. The molecule has 0 aliphatic carbocycles. The number of aryl methyl sites for hydroxylation is 1. The molecule has 2 atom stereocenters. The van der Waals surface area contributed by atoms with E-state index in [4.69, 9.17) is 0 Å². The van der Waals surface area contributed by atoms with E-state index in [0.717, 1.165) is 5.01 Å². The third-order valence-electron chi connectivity index (χ3n) is 4.58. The molecule has 2 saturated heterocycles. The zero-order valence-corrected chi connectivity index (χ0v) is 15.2. The first-order chi connectivity index (χ1) is 11.9. The molecule has 25 heavy (non-hydrogen) atoms. The van der Waals surface area contributed by atoms with Crippen LogP contribution >= 0.6 is 11.3 Å². The number of aromatic nitrogens is 3. The van der Waals surface area contributed by atoms with Gasteiger partial charge in [0.05, 0.1) is 34.8 Å². The number of carbonyl (C=O) groups is 1. The van der Waals surface area contributed by atoms with E-state index in [0.29, 0.717) is 23.9 Å². The van der Waals surface area contributed by atoms with Crippen LogP contribution in [0.15, 0.2) is 24.7 Å². The van der Waals surface area contributed by atoms with E-state index in [9.17, 15) is 13.2 Å². The van der Waals surface area contributed by atoms with Crippen LogP contribution in [0.3, 0.4) is 0 Å². The van der Waals surface area contributed by atoms with E-state index in [2.05, 4.69) is 15.0 Å². The molecule has 2 aliphatic rings. The number of thiazole rings is 1. The summed E-state index contributed by atoms with van der Waals surface area (Å²) in [5.41, 5.74) is 0. The Morgan fingerprint density at radius 2 is 1.88 bits per heavy atom. The predicted molar refractivity (Wildman–Crippen MR) is 93.5 cm³/mol. The first-order valence-electron chi connectivity index (χ1n) is 7.92. The van der Waals surface area contributed by atoms with Gasteiger partial charge >= 0.3 is 0 Å². The molecule has 2 fully saturated rings. The molecule has 0 N–H and O–H groups in total. The number of hydrogen-bond acceptors (Lipinski definition) is 8. The summed E-state index contributed by atoms with van der Waals surface area (Å²) in [6.45, 7) is 2.78. The number of hydrogen-bond donors (Lipinski definition) is 0. The minimum absolute atomic E-state index is 0.0153. The van der Waals surface area contributed by atoms with Gasteiger partial charge in [0.25, 0.3) is 5.91 Å². The summed E-state index contributed by atoms with van der Waals surface area (Å²) in [6.07, 6.45) is 4.84. The molecule has 132 valence electrons. The average molecular weight is 379 g/mol. The molecular formula is C15H17N5O3S2. The summed E-state index contributed by atoms with van der Waals surface area (Å²) in [5, 5.41) is 0.815. The number of piperazine rings is 1. The van der Waals surface area contributed by atoms with Gasteiger partial charge in [-0.3, -0.25) is 4.79 Å². The van der Waals surface area contributed by atoms with E-state index in [1.54, 1.807) is 29.6 Å². The molecule has 8 nitrogen and oxygen atoms in total. The van der Waals surface area contributed by atoms with Crippen LogP contribution in [-0.2, 0) is 9.84 Å². The van der Waals surface area contributed by atoms with Crippen molar-refractivity contribution in [1.82, 2.24) is 19.9 Å². The number of nitrogens with zero attached hydrogens (tertiary/aromatic N) is 5. The van der Waals surface area contributed by atoms with Crippen LogP contribution in [0.25, 0.3) is 0 Å². The third kappa shape index (κ3) is 2.99. The molecule has 0 unspecified atom stereocenters. The molecule has 0 radical (unpaired) electrons. The largest absolute Gasteiger partial charge is 0.333 e. The van der Waals surface area contributed by atoms with Gasteiger partial charge in [0.15, 0.2) is 9.84 Å². The van der Waals surface area contributed by atoms with Crippen LogP contribution in [0, 0.1) is 6.92 Å². The number of rotatable bonds is 2. The van der Waals surface area contributed by atoms with E-state index in [1.165, 1.54) is 11.3 Å². The molecule has 2 aromatic rings. The van der Waals surface area contributed by atoms with Gasteiger partial charge in [-0.1, -0.05) is 0 Å². The van der Waals surface area contributed by atoms with E-state index >= 15 is 0 Å². The Hall–Kier alpha value is -2.07. The van der Waals surface area contributed by atoms with Crippen molar-refractivity contribution >= 4 is 33.0 Å². The number of amides is 1. The van der Waals surface area contributed by atoms with Gasteiger partial charge in [0.1, 0.15) is 4.88 Å². The second-order valence-corrected chi connectivity index (χ2v) is 9.58. The van der Waals surface area contributed by atoms with Crippen molar-refractivity contribution in [3.8, 4) is 0 Å². The predicted octanol–water partition coefficient (Wildman–Crippen LogP) is 0.370. The quantitative estimate of drug-likeness (QED) is 0.744. The minimum Gasteiger partial charge on any atom is -0.333 e. The summed E-state index contributed by atoms with van der Waals surface area (Å²) in [6, 6.07) is 1.01. The SMILES string of the molecule is Cc1ncc(C(=O)N2CCN(c3ncccn3)[C@@H]3CS(=O)(=O)C[C@@H]32)s1. The zero-order valence-electron chi connectivity index (χ0n) is 13.6. The lowest BCUT2D eigenvalue weighted by molar-refractivity contribution is 0.0652. The highest BCUT2D eigenvalue weighted by molar-refractivity contribution is 7.91. The van der Waals surface area contributed by atoms with E-state index in [-0.39, 0.29) is 23.5 Å². The molecule has 2 aromatic heterocycles. The molecule has 0 spiro atoms. The standard InChI is InChI=1S/C15H17N5O3S2/c1-10-18-7-13(24-10)14(21)19-5-6-20(15-16-3-2-4-17-15)12-9-25(22,23)8-11(12)19/h2-4,7,11-12H,5-6,8-9H2,1H3/t11-,12+/m0/s1.